The zero-order chi connectivity index (χ0) is 44.8. The Morgan fingerprint density at radius 3 is 1.28 bits per heavy atom. The molecule has 2 heterocycles. The number of nitrogens with zero attached hydrogens (tertiary/aromatic N) is 4. The van der Waals surface area contributed by atoms with Crippen molar-refractivity contribution in [3.05, 3.63) is 190 Å². The van der Waals surface area contributed by atoms with Crippen molar-refractivity contribution in [2.75, 3.05) is 0 Å². The molecule has 8 aromatic carbocycles. The zero-order valence-electron chi connectivity index (χ0n) is 36.2. The van der Waals surface area contributed by atoms with E-state index in [4.69, 9.17) is 0 Å². The van der Waals surface area contributed by atoms with E-state index < -0.39 is 11.7 Å². The minimum absolute atomic E-state index is 0.137. The monoisotopic (exact) mass is 838 g/mol. The summed E-state index contributed by atoms with van der Waals surface area (Å²) >= 11 is 0. The summed E-state index contributed by atoms with van der Waals surface area (Å²) in [6, 6.07) is 48.5. The van der Waals surface area contributed by atoms with Crippen molar-refractivity contribution in [2.45, 2.75) is 47.7 Å². The van der Waals surface area contributed by atoms with Crippen LogP contribution in [0.15, 0.2) is 140 Å². The summed E-state index contributed by atoms with van der Waals surface area (Å²) in [5, 5.41) is 25.3. The Bertz CT molecular complexity index is 3450. The maximum Gasteiger partial charge on any atom is 0.417 e. The van der Waals surface area contributed by atoms with Crippen LogP contribution in [0.5, 0.6) is 0 Å². The summed E-state index contributed by atoms with van der Waals surface area (Å²) in [4.78, 5) is 0. The van der Waals surface area contributed by atoms with Crippen LogP contribution < -0.4 is 0 Å². The molecule has 0 unspecified atom stereocenters. The molecule has 10 rings (SSSR count). The van der Waals surface area contributed by atoms with Gasteiger partial charge in [-0.05, 0) is 135 Å². The lowest BCUT2D eigenvalue weighted by molar-refractivity contribution is -0.137. The molecule has 0 bridgehead atoms. The van der Waals surface area contributed by atoms with E-state index in [1.165, 1.54) is 12.1 Å². The highest BCUT2D eigenvalue weighted by atomic mass is 19.4. The Morgan fingerprint density at radius 1 is 0.422 bits per heavy atom. The summed E-state index contributed by atoms with van der Waals surface area (Å²) in [7, 11) is 0. The summed E-state index contributed by atoms with van der Waals surface area (Å²) in [6.45, 7) is 12.5. The van der Waals surface area contributed by atoms with Crippen LogP contribution in [0.25, 0.3) is 88.4 Å². The summed E-state index contributed by atoms with van der Waals surface area (Å²) in [5.41, 5.74) is 13.5. The minimum Gasteiger partial charge on any atom is -0.308 e. The van der Waals surface area contributed by atoms with E-state index in [0.717, 1.165) is 105 Å². The Morgan fingerprint density at radius 2 is 0.859 bits per heavy atom. The van der Waals surface area contributed by atoms with Gasteiger partial charge in [-0.1, -0.05) is 102 Å². The lowest BCUT2D eigenvalue weighted by Crippen LogP contribution is -2.12. The smallest absolute Gasteiger partial charge is 0.308 e. The second-order valence-corrected chi connectivity index (χ2v) is 17.1. The van der Waals surface area contributed by atoms with Crippen LogP contribution in [0.4, 0.5) is 13.2 Å². The van der Waals surface area contributed by atoms with E-state index >= 15 is 13.2 Å². The standard InChI is InChI=1S/C57H41F3N4/c1-32-22-34(3)53(35(4)23-32)39-18-20-44-42-13-7-9-16-47(42)63(49(44)28-39)51-26-38(30-61)27-52(56(51)55-41(31-62)12-11-15-46(55)57(58,59)60)64-48-17-10-8-14-43(48)45-21-19-40(29-50(45)64)54-36(5)24-33(2)25-37(54)6/h7-29H,1-6H3. The molecule has 4 nitrogen and oxygen atoms in total. The minimum atomic E-state index is -4.84. The molecule has 0 aliphatic rings. The number of nitriles is 2. The van der Waals surface area contributed by atoms with Crippen LogP contribution in [0.2, 0.25) is 0 Å². The van der Waals surface area contributed by atoms with E-state index in [2.05, 4.69) is 114 Å². The number of aromatic nitrogens is 2. The van der Waals surface area contributed by atoms with Crippen molar-refractivity contribution in [3.8, 4) is 56.9 Å². The van der Waals surface area contributed by atoms with Crippen molar-refractivity contribution in [1.29, 1.82) is 10.5 Å². The molecule has 0 saturated heterocycles. The molecule has 0 fully saturated rings. The number of halogens is 3. The topological polar surface area (TPSA) is 57.4 Å². The van der Waals surface area contributed by atoms with E-state index in [0.29, 0.717) is 11.4 Å². The quantitative estimate of drug-likeness (QED) is 0.173. The molecule has 0 saturated carbocycles. The first-order chi connectivity index (χ1) is 30.8. The van der Waals surface area contributed by atoms with Gasteiger partial charge in [-0.3, -0.25) is 0 Å². The fourth-order valence-corrected chi connectivity index (χ4v) is 10.5. The van der Waals surface area contributed by atoms with Gasteiger partial charge in [0.1, 0.15) is 0 Å². The Labute approximate surface area is 369 Å². The summed E-state index contributed by atoms with van der Waals surface area (Å²) in [6.07, 6.45) is -4.84. The molecule has 310 valence electrons. The van der Waals surface area contributed by atoms with E-state index in [-0.39, 0.29) is 22.3 Å². The van der Waals surface area contributed by atoms with Gasteiger partial charge < -0.3 is 9.13 Å². The van der Waals surface area contributed by atoms with Crippen molar-refractivity contribution in [3.63, 3.8) is 0 Å². The van der Waals surface area contributed by atoms with Gasteiger partial charge in [0, 0.05) is 32.7 Å². The first kappa shape index (κ1) is 40.2. The maximum atomic E-state index is 15.7. The van der Waals surface area contributed by atoms with Gasteiger partial charge in [0.15, 0.2) is 0 Å². The molecular formula is C57H41F3N4. The average molecular weight is 839 g/mol. The molecule has 10 aromatic rings. The van der Waals surface area contributed by atoms with Gasteiger partial charge in [0.05, 0.1) is 62.3 Å². The number of para-hydroxylation sites is 2. The molecule has 64 heavy (non-hydrogen) atoms. The first-order valence-corrected chi connectivity index (χ1v) is 21.2. The second kappa shape index (κ2) is 14.9. The van der Waals surface area contributed by atoms with Gasteiger partial charge >= 0.3 is 6.18 Å². The lowest BCUT2D eigenvalue weighted by atomic mass is 9.90. The van der Waals surface area contributed by atoms with Crippen LogP contribution in [-0.2, 0) is 6.18 Å². The molecule has 7 heteroatoms. The first-order valence-electron chi connectivity index (χ1n) is 21.2. The average Bonchev–Trinajstić information content (AvgIpc) is 3.76. The lowest BCUT2D eigenvalue weighted by Gasteiger charge is -2.24. The molecule has 0 N–H and O–H groups in total. The summed E-state index contributed by atoms with van der Waals surface area (Å²) < 4.78 is 51.0. The Hall–Kier alpha value is -7.87. The molecule has 0 aliphatic carbocycles. The number of hydrogen-bond acceptors (Lipinski definition) is 2. The predicted octanol–water partition coefficient (Wildman–Crippen LogP) is 15.5. The van der Waals surface area contributed by atoms with Gasteiger partial charge in [-0.2, -0.15) is 23.7 Å². The van der Waals surface area contributed by atoms with Gasteiger partial charge in [0.2, 0.25) is 0 Å². The number of hydrogen-bond donors (Lipinski definition) is 0. The third-order valence-electron chi connectivity index (χ3n) is 12.7. The third kappa shape index (κ3) is 6.27. The Kier molecular flexibility index (Phi) is 9.36. The van der Waals surface area contributed by atoms with E-state index in [1.807, 2.05) is 57.7 Å². The van der Waals surface area contributed by atoms with Gasteiger partial charge in [-0.15, -0.1) is 0 Å². The highest BCUT2D eigenvalue weighted by molar-refractivity contribution is 6.13. The molecule has 0 atom stereocenters. The van der Waals surface area contributed by atoms with Crippen LogP contribution in [-0.4, -0.2) is 9.13 Å². The van der Waals surface area contributed by atoms with Crippen molar-refractivity contribution < 1.29 is 13.2 Å². The van der Waals surface area contributed by atoms with Crippen LogP contribution in [0.1, 0.15) is 50.1 Å². The fraction of sp³-hybridized carbons (Fsp3) is 0.123. The normalized spacial score (nSPS) is 11.8. The Balaban J connectivity index is 1.42. The molecular weight excluding hydrogens is 798 g/mol. The van der Waals surface area contributed by atoms with Crippen LogP contribution in [0.3, 0.4) is 0 Å². The number of alkyl halides is 3. The summed E-state index contributed by atoms with van der Waals surface area (Å²) in [5.74, 6) is 0. The van der Waals surface area contributed by atoms with Crippen molar-refractivity contribution >= 4 is 43.6 Å². The van der Waals surface area contributed by atoms with E-state index in [9.17, 15) is 10.5 Å². The molecule has 0 radical (unpaired) electrons. The van der Waals surface area contributed by atoms with Gasteiger partial charge in [0.25, 0.3) is 0 Å². The highest BCUT2D eigenvalue weighted by Gasteiger charge is 2.37. The van der Waals surface area contributed by atoms with Crippen molar-refractivity contribution in [2.24, 2.45) is 0 Å². The fourth-order valence-electron chi connectivity index (χ4n) is 10.5. The highest BCUT2D eigenvalue weighted by Crippen LogP contribution is 2.48. The SMILES string of the molecule is Cc1cc(C)c(-c2ccc3c4ccccc4n(-c4cc(C#N)cc(-n5c6ccccc6c6ccc(-c7c(C)cc(C)cc7C)cc65)c4-c4c(C#N)cccc4C(F)(F)F)c3c2)c(C)c1. The number of benzene rings is 8. The third-order valence-corrected chi connectivity index (χ3v) is 12.7. The molecule has 2 aromatic heterocycles. The maximum absolute atomic E-state index is 15.7. The zero-order valence-corrected chi connectivity index (χ0v) is 36.2. The van der Waals surface area contributed by atoms with Crippen molar-refractivity contribution in [1.82, 2.24) is 9.13 Å². The number of rotatable bonds is 5. The molecule has 0 spiro atoms. The van der Waals surface area contributed by atoms with Crippen LogP contribution in [0, 0.1) is 64.2 Å². The van der Waals surface area contributed by atoms with Gasteiger partial charge in [-0.25, -0.2) is 0 Å². The largest absolute Gasteiger partial charge is 0.417 e. The number of aryl methyl sites for hydroxylation is 6. The number of fused-ring (bicyclic) bond motifs is 6. The van der Waals surface area contributed by atoms with E-state index in [1.54, 1.807) is 12.1 Å². The second-order valence-electron chi connectivity index (χ2n) is 17.1. The molecule has 0 aliphatic heterocycles. The molecule has 0 amide bonds. The van der Waals surface area contributed by atoms with Crippen LogP contribution >= 0.6 is 0 Å². The predicted molar refractivity (Wildman–Crippen MR) is 254 cm³/mol.